The Balaban J connectivity index is 2.10. The minimum absolute atomic E-state index is 0.0715. The molecule has 0 spiro atoms. The fourth-order valence-electron chi connectivity index (χ4n) is 2.51. The highest BCUT2D eigenvalue weighted by molar-refractivity contribution is 9.10. The summed E-state index contributed by atoms with van der Waals surface area (Å²) in [4.78, 5) is 10.9. The summed E-state index contributed by atoms with van der Waals surface area (Å²) in [6.45, 7) is 0.342. The van der Waals surface area contributed by atoms with E-state index >= 15 is 0 Å². The minimum atomic E-state index is -3.82. The summed E-state index contributed by atoms with van der Waals surface area (Å²) in [6, 6.07) is 11.1. The molecule has 1 aliphatic heterocycles. The van der Waals surface area contributed by atoms with E-state index < -0.39 is 16.0 Å². The molecule has 1 heterocycles. The van der Waals surface area contributed by atoms with Crippen molar-refractivity contribution >= 4 is 37.6 Å². The number of nitrogens with zero attached hydrogens (tertiary/aromatic N) is 1. The number of rotatable bonds is 3. The molecule has 0 saturated carbocycles. The van der Waals surface area contributed by atoms with Crippen molar-refractivity contribution in [3.05, 3.63) is 58.1 Å². The molecule has 22 heavy (non-hydrogen) atoms. The van der Waals surface area contributed by atoms with Crippen LogP contribution in [0.2, 0.25) is 0 Å². The van der Waals surface area contributed by atoms with Gasteiger partial charge in [-0.25, -0.2) is 8.42 Å². The van der Waals surface area contributed by atoms with Gasteiger partial charge in [-0.05, 0) is 41.8 Å². The molecule has 2 aromatic carbocycles. The lowest BCUT2D eigenvalue weighted by Crippen LogP contribution is -2.30. The Labute approximate surface area is 136 Å². The molecule has 5 nitrogen and oxygen atoms in total. The second kappa shape index (κ2) is 5.40. The molecular weight excluding hydrogens is 370 g/mol. The van der Waals surface area contributed by atoms with Crippen molar-refractivity contribution in [2.45, 2.75) is 11.3 Å². The van der Waals surface area contributed by atoms with Crippen LogP contribution in [0.4, 0.5) is 5.69 Å². The maximum absolute atomic E-state index is 12.8. The molecule has 3 rings (SSSR count). The number of hydrogen-bond acceptors (Lipinski definition) is 4. The molecule has 2 aromatic rings. The lowest BCUT2D eigenvalue weighted by Gasteiger charge is -2.20. The predicted octanol–water partition coefficient (Wildman–Crippen LogP) is 1.56. The summed E-state index contributed by atoms with van der Waals surface area (Å²) in [7, 11) is -3.82. The number of carboxylic acids is 1. The van der Waals surface area contributed by atoms with Gasteiger partial charge < -0.3 is 9.90 Å². The molecule has 0 amide bonds. The van der Waals surface area contributed by atoms with E-state index in [9.17, 15) is 18.3 Å². The maximum atomic E-state index is 12.8. The molecule has 0 N–H and O–H groups in total. The molecule has 0 atom stereocenters. The van der Waals surface area contributed by atoms with E-state index in [1.165, 1.54) is 16.4 Å². The first-order valence-corrected chi connectivity index (χ1v) is 8.75. The maximum Gasteiger partial charge on any atom is 0.264 e. The van der Waals surface area contributed by atoms with Crippen LogP contribution < -0.4 is 9.41 Å². The first-order valence-electron chi connectivity index (χ1n) is 6.52. The van der Waals surface area contributed by atoms with Crippen LogP contribution in [-0.2, 0) is 16.4 Å². The van der Waals surface area contributed by atoms with Crippen molar-refractivity contribution < 1.29 is 18.3 Å². The number of para-hydroxylation sites is 1. The first-order chi connectivity index (χ1) is 10.4. The number of carbonyl (C=O) groups excluding carboxylic acids is 1. The van der Waals surface area contributed by atoms with E-state index in [1.807, 2.05) is 12.1 Å². The molecule has 0 saturated heterocycles. The standard InChI is InChI=1S/C15H12BrNO4S/c16-12-7-11(15(18)19)8-13(9-12)22(20,21)17-6-5-10-3-1-2-4-14(10)17/h1-4,7-9H,5-6H2,(H,18,19)/p-1. The van der Waals surface area contributed by atoms with E-state index in [0.717, 1.165) is 11.6 Å². The van der Waals surface area contributed by atoms with Crippen molar-refractivity contribution in [3.8, 4) is 0 Å². The van der Waals surface area contributed by atoms with Crippen molar-refractivity contribution in [3.63, 3.8) is 0 Å². The van der Waals surface area contributed by atoms with Crippen LogP contribution in [0.1, 0.15) is 15.9 Å². The molecule has 0 bridgehead atoms. The van der Waals surface area contributed by atoms with Gasteiger partial charge in [-0.1, -0.05) is 34.1 Å². The molecular formula is C15H11BrNO4S-. The van der Waals surface area contributed by atoms with Gasteiger partial charge in [0.2, 0.25) is 0 Å². The molecule has 7 heteroatoms. The number of benzene rings is 2. The van der Waals surface area contributed by atoms with Crippen LogP contribution >= 0.6 is 15.9 Å². The quantitative estimate of drug-likeness (QED) is 0.809. The Morgan fingerprint density at radius 2 is 1.91 bits per heavy atom. The molecule has 0 fully saturated rings. The molecule has 1 aliphatic rings. The zero-order valence-corrected chi connectivity index (χ0v) is 13.7. The molecule has 0 aromatic heterocycles. The monoisotopic (exact) mass is 380 g/mol. The second-order valence-electron chi connectivity index (χ2n) is 4.92. The fourth-order valence-corrected chi connectivity index (χ4v) is 4.73. The highest BCUT2D eigenvalue weighted by Gasteiger charge is 2.30. The Morgan fingerprint density at radius 3 is 2.64 bits per heavy atom. The Bertz CT molecular complexity index is 864. The number of fused-ring (bicyclic) bond motifs is 1. The molecule has 0 radical (unpaired) electrons. The molecule has 114 valence electrons. The van der Waals surface area contributed by atoms with Crippen molar-refractivity contribution in [2.24, 2.45) is 0 Å². The summed E-state index contributed by atoms with van der Waals surface area (Å²) in [5.74, 6) is -1.42. The highest BCUT2D eigenvalue weighted by atomic mass is 79.9. The van der Waals surface area contributed by atoms with E-state index in [4.69, 9.17) is 0 Å². The zero-order chi connectivity index (χ0) is 15.9. The van der Waals surface area contributed by atoms with Crippen LogP contribution in [0.15, 0.2) is 51.8 Å². The highest BCUT2D eigenvalue weighted by Crippen LogP contribution is 2.33. The van der Waals surface area contributed by atoms with Crippen molar-refractivity contribution in [1.29, 1.82) is 0 Å². The number of aromatic carboxylic acids is 1. The van der Waals surface area contributed by atoms with E-state index in [-0.39, 0.29) is 10.5 Å². The van der Waals surface area contributed by atoms with Crippen LogP contribution in [0.5, 0.6) is 0 Å². The number of carbonyl (C=O) groups is 1. The van der Waals surface area contributed by atoms with Gasteiger partial charge in [0, 0.05) is 11.0 Å². The second-order valence-corrected chi connectivity index (χ2v) is 7.70. The largest absolute Gasteiger partial charge is 0.545 e. The van der Waals surface area contributed by atoms with Gasteiger partial charge >= 0.3 is 0 Å². The normalized spacial score (nSPS) is 14.0. The topological polar surface area (TPSA) is 77.5 Å². The summed E-state index contributed by atoms with van der Waals surface area (Å²) >= 11 is 3.14. The summed E-state index contributed by atoms with van der Waals surface area (Å²) in [5, 5.41) is 11.0. The summed E-state index contributed by atoms with van der Waals surface area (Å²) < 4.78 is 27.3. The average Bonchev–Trinajstić information content (AvgIpc) is 2.91. The predicted molar refractivity (Wildman–Crippen MR) is 83.2 cm³/mol. The Hall–Kier alpha value is -1.86. The smallest absolute Gasteiger partial charge is 0.264 e. The van der Waals surface area contributed by atoms with Gasteiger partial charge in [0.25, 0.3) is 10.0 Å². The summed E-state index contributed by atoms with van der Waals surface area (Å²) in [6.07, 6.45) is 0.636. The van der Waals surface area contributed by atoms with Crippen LogP contribution in [0.3, 0.4) is 0 Å². The summed E-state index contributed by atoms with van der Waals surface area (Å²) in [5.41, 5.74) is 1.42. The SMILES string of the molecule is O=C([O-])c1cc(Br)cc(S(=O)(=O)N2CCc3ccccc32)c1. The van der Waals surface area contributed by atoms with E-state index in [1.54, 1.807) is 12.1 Å². The van der Waals surface area contributed by atoms with Crippen LogP contribution in [-0.4, -0.2) is 20.9 Å². The third-order valence-electron chi connectivity index (χ3n) is 3.54. The number of carboxylic acid groups (broad SMARTS) is 1. The first kappa shape index (κ1) is 15.1. The van der Waals surface area contributed by atoms with Gasteiger partial charge in [-0.15, -0.1) is 0 Å². The number of hydrogen-bond donors (Lipinski definition) is 0. The third kappa shape index (κ3) is 2.50. The lowest BCUT2D eigenvalue weighted by molar-refractivity contribution is -0.255. The number of halogens is 1. The number of sulfonamides is 1. The lowest BCUT2D eigenvalue weighted by atomic mass is 10.2. The Morgan fingerprint density at radius 1 is 1.18 bits per heavy atom. The minimum Gasteiger partial charge on any atom is -0.545 e. The average molecular weight is 381 g/mol. The van der Waals surface area contributed by atoms with Gasteiger partial charge in [0.05, 0.1) is 16.6 Å². The zero-order valence-electron chi connectivity index (χ0n) is 11.3. The van der Waals surface area contributed by atoms with Gasteiger partial charge in [0.1, 0.15) is 0 Å². The van der Waals surface area contributed by atoms with E-state index in [2.05, 4.69) is 15.9 Å². The molecule has 0 unspecified atom stereocenters. The van der Waals surface area contributed by atoms with Gasteiger partial charge in [-0.2, -0.15) is 0 Å². The van der Waals surface area contributed by atoms with Crippen molar-refractivity contribution in [1.82, 2.24) is 0 Å². The third-order valence-corrected chi connectivity index (χ3v) is 5.79. The van der Waals surface area contributed by atoms with Crippen LogP contribution in [0, 0.1) is 0 Å². The van der Waals surface area contributed by atoms with Gasteiger partial charge in [-0.3, -0.25) is 4.31 Å². The Kier molecular flexibility index (Phi) is 3.70. The van der Waals surface area contributed by atoms with Gasteiger partial charge in [0.15, 0.2) is 0 Å². The number of anilines is 1. The fraction of sp³-hybridized carbons (Fsp3) is 0.133. The van der Waals surface area contributed by atoms with Crippen LogP contribution in [0.25, 0.3) is 0 Å². The molecule has 0 aliphatic carbocycles. The van der Waals surface area contributed by atoms with Crippen molar-refractivity contribution in [2.75, 3.05) is 10.8 Å². The van der Waals surface area contributed by atoms with E-state index in [0.29, 0.717) is 23.1 Å².